The summed E-state index contributed by atoms with van der Waals surface area (Å²) < 4.78 is 6.23. The van der Waals surface area contributed by atoms with Gasteiger partial charge in [0.2, 0.25) is 0 Å². The van der Waals surface area contributed by atoms with Crippen molar-refractivity contribution in [3.63, 3.8) is 0 Å². The van der Waals surface area contributed by atoms with Crippen LogP contribution in [0, 0.1) is 0 Å². The summed E-state index contributed by atoms with van der Waals surface area (Å²) in [4.78, 5) is 11.1. The number of quaternary nitrogens is 1. The molecule has 0 aromatic heterocycles. The van der Waals surface area contributed by atoms with Crippen molar-refractivity contribution in [3.05, 3.63) is 12.2 Å². The van der Waals surface area contributed by atoms with Gasteiger partial charge in [-0.1, -0.05) is 6.58 Å². The van der Waals surface area contributed by atoms with Gasteiger partial charge < -0.3 is 9.22 Å². The molecular weight excluding hydrogens is 214 g/mol. The van der Waals surface area contributed by atoms with Gasteiger partial charge >= 0.3 is 5.97 Å². The minimum absolute atomic E-state index is 0.271. The molecule has 0 unspecified atom stereocenters. The second-order valence-corrected chi connectivity index (χ2v) is 4.64. The number of rotatable bonds is 9. The Labute approximate surface area is 106 Å². The number of carbonyl (C=O) groups is 1. The fraction of sp³-hybridized carbons (Fsp3) is 0.786. The lowest BCUT2D eigenvalue weighted by molar-refractivity contribution is -0.923. The third kappa shape index (κ3) is 5.87. The van der Waals surface area contributed by atoms with Crippen molar-refractivity contribution in [1.82, 2.24) is 0 Å². The highest BCUT2D eigenvalue weighted by molar-refractivity contribution is 5.86. The van der Waals surface area contributed by atoms with Crippen LogP contribution in [0.4, 0.5) is 0 Å². The van der Waals surface area contributed by atoms with Crippen LogP contribution < -0.4 is 0 Å². The van der Waals surface area contributed by atoms with E-state index in [0.29, 0.717) is 12.2 Å². The van der Waals surface area contributed by atoms with Gasteiger partial charge in [-0.25, -0.2) is 4.79 Å². The van der Waals surface area contributed by atoms with Crippen LogP contribution in [0.3, 0.4) is 0 Å². The number of esters is 1. The van der Waals surface area contributed by atoms with E-state index in [0.717, 1.165) is 17.3 Å². The summed E-state index contributed by atoms with van der Waals surface area (Å²) in [6, 6.07) is 0. The zero-order chi connectivity index (χ0) is 13.3. The Kier molecular flexibility index (Phi) is 7.88. The Morgan fingerprint density at radius 2 is 1.65 bits per heavy atom. The summed E-state index contributed by atoms with van der Waals surface area (Å²) in [7, 11) is 0. The molecule has 0 heterocycles. The van der Waals surface area contributed by atoms with E-state index in [1.54, 1.807) is 6.92 Å². The van der Waals surface area contributed by atoms with Gasteiger partial charge in [0.1, 0.15) is 0 Å². The Balaban J connectivity index is 3.76. The summed E-state index contributed by atoms with van der Waals surface area (Å²) in [5.41, 5.74) is 0.478. The Hall–Kier alpha value is -0.830. The molecule has 0 amide bonds. The molecule has 100 valence electrons. The van der Waals surface area contributed by atoms with E-state index in [4.69, 9.17) is 4.74 Å². The molecule has 0 aliphatic carbocycles. The normalized spacial score (nSPS) is 11.3. The molecule has 0 aliphatic heterocycles. The number of nitrogens with zero attached hydrogens (tertiary/aromatic N) is 1. The highest BCUT2D eigenvalue weighted by Gasteiger charge is 2.19. The molecular formula is C14H28NO2+. The maximum absolute atomic E-state index is 11.1. The quantitative estimate of drug-likeness (QED) is 0.269. The van der Waals surface area contributed by atoms with Crippen molar-refractivity contribution in [2.45, 2.75) is 40.5 Å². The van der Waals surface area contributed by atoms with Crippen LogP contribution in [0.1, 0.15) is 40.5 Å². The second-order valence-electron chi connectivity index (χ2n) is 4.64. The first kappa shape index (κ1) is 16.2. The second kappa shape index (κ2) is 8.29. The zero-order valence-electron chi connectivity index (χ0n) is 11.9. The van der Waals surface area contributed by atoms with Gasteiger partial charge in [0, 0.05) is 5.57 Å². The van der Waals surface area contributed by atoms with E-state index in [2.05, 4.69) is 27.4 Å². The molecule has 0 spiro atoms. The lowest BCUT2D eigenvalue weighted by atomic mass is 10.2. The van der Waals surface area contributed by atoms with Gasteiger partial charge in [-0.05, 0) is 40.5 Å². The molecule has 17 heavy (non-hydrogen) atoms. The number of hydrogen-bond acceptors (Lipinski definition) is 2. The molecule has 3 heteroatoms. The standard InChI is InChI=1S/C14H28NO2/c1-6-15(7-2,8-3)11-9-10-12-17-14(16)13(4)5/h4,6-12H2,1-3,5H3/q+1. The SMILES string of the molecule is C=C(C)C(=O)OCCCC[N+](CC)(CC)CC. The maximum Gasteiger partial charge on any atom is 0.333 e. The van der Waals surface area contributed by atoms with Crippen LogP contribution in [0.2, 0.25) is 0 Å². The number of unbranched alkanes of at least 4 members (excludes halogenated alkanes) is 1. The summed E-state index contributed by atoms with van der Waals surface area (Å²) in [5, 5.41) is 0. The van der Waals surface area contributed by atoms with Crippen molar-refractivity contribution in [2.24, 2.45) is 0 Å². The minimum atomic E-state index is -0.271. The van der Waals surface area contributed by atoms with Gasteiger partial charge in [0.25, 0.3) is 0 Å². The molecule has 0 aromatic carbocycles. The maximum atomic E-state index is 11.1. The molecule has 0 aliphatic rings. The van der Waals surface area contributed by atoms with Crippen molar-refractivity contribution in [1.29, 1.82) is 0 Å². The smallest absolute Gasteiger partial charge is 0.333 e. The Morgan fingerprint density at radius 1 is 1.12 bits per heavy atom. The van der Waals surface area contributed by atoms with Crippen LogP contribution in [0.5, 0.6) is 0 Å². The first-order chi connectivity index (χ1) is 8.01. The molecule has 0 aromatic rings. The lowest BCUT2D eigenvalue weighted by Gasteiger charge is -2.35. The molecule has 0 saturated heterocycles. The number of ether oxygens (including phenoxy) is 1. The van der Waals surface area contributed by atoms with E-state index < -0.39 is 0 Å². The molecule has 0 rings (SSSR count). The molecule has 3 nitrogen and oxygen atoms in total. The highest BCUT2D eigenvalue weighted by atomic mass is 16.5. The van der Waals surface area contributed by atoms with Crippen LogP contribution in [0.15, 0.2) is 12.2 Å². The lowest BCUT2D eigenvalue weighted by Crippen LogP contribution is -2.48. The van der Waals surface area contributed by atoms with Crippen molar-refractivity contribution >= 4 is 5.97 Å². The first-order valence-corrected chi connectivity index (χ1v) is 6.69. The summed E-state index contributed by atoms with van der Waals surface area (Å²) >= 11 is 0. The Morgan fingerprint density at radius 3 is 2.06 bits per heavy atom. The van der Waals surface area contributed by atoms with E-state index in [9.17, 15) is 4.79 Å². The van der Waals surface area contributed by atoms with E-state index >= 15 is 0 Å². The first-order valence-electron chi connectivity index (χ1n) is 6.69. The average Bonchev–Trinajstić information content (AvgIpc) is 2.34. The number of hydrogen-bond donors (Lipinski definition) is 0. The zero-order valence-corrected chi connectivity index (χ0v) is 11.9. The average molecular weight is 242 g/mol. The predicted molar refractivity (Wildman–Crippen MR) is 71.8 cm³/mol. The third-order valence-electron chi connectivity index (χ3n) is 3.62. The summed E-state index contributed by atoms with van der Waals surface area (Å²) in [6.07, 6.45) is 2.05. The van der Waals surface area contributed by atoms with Crippen LogP contribution >= 0.6 is 0 Å². The van der Waals surface area contributed by atoms with Gasteiger partial charge in [0.05, 0.1) is 32.8 Å². The third-order valence-corrected chi connectivity index (χ3v) is 3.62. The van der Waals surface area contributed by atoms with Crippen molar-refractivity contribution in [2.75, 3.05) is 32.8 Å². The van der Waals surface area contributed by atoms with Crippen molar-refractivity contribution in [3.8, 4) is 0 Å². The van der Waals surface area contributed by atoms with E-state index in [-0.39, 0.29) is 5.97 Å². The molecule has 0 N–H and O–H groups in total. The van der Waals surface area contributed by atoms with Gasteiger partial charge in [-0.2, -0.15) is 0 Å². The Bertz CT molecular complexity index is 236. The molecule has 0 bridgehead atoms. The molecule has 0 saturated carbocycles. The summed E-state index contributed by atoms with van der Waals surface area (Å²) in [6.45, 7) is 17.2. The topological polar surface area (TPSA) is 26.3 Å². The van der Waals surface area contributed by atoms with Crippen LogP contribution in [-0.2, 0) is 9.53 Å². The van der Waals surface area contributed by atoms with Crippen LogP contribution in [-0.4, -0.2) is 43.2 Å². The molecule has 0 fully saturated rings. The van der Waals surface area contributed by atoms with Gasteiger partial charge in [0.15, 0.2) is 0 Å². The highest BCUT2D eigenvalue weighted by Crippen LogP contribution is 2.08. The predicted octanol–water partition coefficient (Wildman–Crippen LogP) is 2.76. The monoisotopic (exact) mass is 242 g/mol. The van der Waals surface area contributed by atoms with Crippen molar-refractivity contribution < 1.29 is 14.0 Å². The fourth-order valence-corrected chi connectivity index (χ4v) is 1.98. The molecule has 0 atom stereocenters. The van der Waals surface area contributed by atoms with Gasteiger partial charge in [-0.15, -0.1) is 0 Å². The van der Waals surface area contributed by atoms with Crippen LogP contribution in [0.25, 0.3) is 0 Å². The number of carbonyl (C=O) groups excluding carboxylic acids is 1. The van der Waals surface area contributed by atoms with E-state index in [1.165, 1.54) is 26.2 Å². The summed E-state index contributed by atoms with van der Waals surface area (Å²) in [5.74, 6) is -0.271. The largest absolute Gasteiger partial charge is 0.462 e. The van der Waals surface area contributed by atoms with E-state index in [1.807, 2.05) is 0 Å². The molecule has 0 radical (unpaired) electrons. The minimum Gasteiger partial charge on any atom is -0.462 e. The van der Waals surface area contributed by atoms with Gasteiger partial charge in [-0.3, -0.25) is 0 Å². The fourth-order valence-electron chi connectivity index (χ4n) is 1.98.